The van der Waals surface area contributed by atoms with E-state index in [0.717, 1.165) is 0 Å². The van der Waals surface area contributed by atoms with E-state index in [2.05, 4.69) is 10.3 Å². The molecule has 0 saturated carbocycles. The Labute approximate surface area is 114 Å². The number of nitrogens with zero attached hydrogens (tertiary/aromatic N) is 2. The van der Waals surface area contributed by atoms with Crippen LogP contribution in [0.5, 0.6) is 0 Å². The molecule has 0 aliphatic rings. The molecular weight excluding hydrogens is 268 g/mol. The molecule has 0 aliphatic carbocycles. The van der Waals surface area contributed by atoms with Crippen LogP contribution in [0.2, 0.25) is 0 Å². The van der Waals surface area contributed by atoms with Crippen molar-refractivity contribution in [2.75, 3.05) is 6.54 Å². The number of carbonyl (C=O) groups is 3. The van der Waals surface area contributed by atoms with Crippen molar-refractivity contribution >= 4 is 17.8 Å². The van der Waals surface area contributed by atoms with Crippen LogP contribution in [0.1, 0.15) is 23.3 Å². The molecule has 1 aromatic rings. The molecule has 0 saturated heterocycles. The van der Waals surface area contributed by atoms with Gasteiger partial charge in [-0.25, -0.2) is 9.78 Å². The largest absolute Gasteiger partial charge is 0.481 e. The maximum absolute atomic E-state index is 11.8. The third-order valence-electron chi connectivity index (χ3n) is 2.50. The Morgan fingerprint density at radius 1 is 1.40 bits per heavy atom. The van der Waals surface area contributed by atoms with Gasteiger partial charge in [-0.2, -0.15) is 0 Å². The summed E-state index contributed by atoms with van der Waals surface area (Å²) in [5.41, 5.74) is 5.41. The summed E-state index contributed by atoms with van der Waals surface area (Å²) in [5.74, 6) is -3.09. The molecular formula is C11H16N4O5. The first-order valence-corrected chi connectivity index (χ1v) is 5.91. The molecule has 1 unspecified atom stereocenters. The molecule has 0 aliphatic heterocycles. The number of nitrogens with one attached hydrogen (secondary N) is 1. The zero-order chi connectivity index (χ0) is 15.1. The second kappa shape index (κ2) is 7.24. The van der Waals surface area contributed by atoms with E-state index in [0.29, 0.717) is 13.1 Å². The maximum Gasteiger partial charge on any atom is 0.326 e. The first-order valence-electron chi connectivity index (χ1n) is 5.91. The molecule has 9 heteroatoms. The fourth-order valence-electron chi connectivity index (χ4n) is 1.51. The number of hydrogen-bond donors (Lipinski definition) is 4. The van der Waals surface area contributed by atoms with Crippen LogP contribution in [0.4, 0.5) is 0 Å². The lowest BCUT2D eigenvalue weighted by Gasteiger charge is -2.12. The highest BCUT2D eigenvalue weighted by Crippen LogP contribution is 2.02. The van der Waals surface area contributed by atoms with Gasteiger partial charge in [0.05, 0.1) is 6.33 Å². The first kappa shape index (κ1) is 15.6. The highest BCUT2D eigenvalue weighted by Gasteiger charge is 2.22. The minimum Gasteiger partial charge on any atom is -0.481 e. The minimum atomic E-state index is -1.29. The summed E-state index contributed by atoms with van der Waals surface area (Å²) < 4.78 is 1.60. The third-order valence-corrected chi connectivity index (χ3v) is 2.50. The quantitative estimate of drug-likeness (QED) is 0.473. The van der Waals surface area contributed by atoms with E-state index < -0.39 is 23.9 Å². The zero-order valence-corrected chi connectivity index (χ0v) is 10.7. The van der Waals surface area contributed by atoms with E-state index in [9.17, 15) is 14.4 Å². The summed E-state index contributed by atoms with van der Waals surface area (Å²) in [6.45, 7) is 0.870. The Hall–Kier alpha value is -2.42. The standard InChI is InChI=1S/C11H16N4O5/c12-3-4-15-5-8(13-6-15)10(18)14-7(11(19)20)1-2-9(16)17/h5-7H,1-4,12H2,(H,14,18)(H,16,17)(H,19,20). The average Bonchev–Trinajstić information content (AvgIpc) is 2.82. The smallest absolute Gasteiger partial charge is 0.326 e. The Morgan fingerprint density at radius 2 is 2.10 bits per heavy atom. The van der Waals surface area contributed by atoms with Gasteiger partial charge in [-0.05, 0) is 6.42 Å². The lowest BCUT2D eigenvalue weighted by atomic mass is 10.1. The van der Waals surface area contributed by atoms with Crippen molar-refractivity contribution < 1.29 is 24.6 Å². The van der Waals surface area contributed by atoms with E-state index in [1.807, 2.05) is 0 Å². The van der Waals surface area contributed by atoms with Crippen molar-refractivity contribution in [1.82, 2.24) is 14.9 Å². The predicted octanol–water partition coefficient (Wildman–Crippen LogP) is -1.11. The Balaban J connectivity index is 2.64. The van der Waals surface area contributed by atoms with Crippen LogP contribution < -0.4 is 11.1 Å². The summed E-state index contributed by atoms with van der Waals surface area (Å²) >= 11 is 0. The monoisotopic (exact) mass is 284 g/mol. The number of aliphatic carboxylic acids is 2. The van der Waals surface area contributed by atoms with Crippen LogP contribution >= 0.6 is 0 Å². The number of nitrogens with two attached hydrogens (primary N) is 1. The van der Waals surface area contributed by atoms with Gasteiger partial charge in [-0.1, -0.05) is 0 Å². The molecule has 0 spiro atoms. The van der Waals surface area contributed by atoms with Gasteiger partial charge >= 0.3 is 11.9 Å². The predicted molar refractivity (Wildman–Crippen MR) is 67.0 cm³/mol. The van der Waals surface area contributed by atoms with Crippen LogP contribution in [0.3, 0.4) is 0 Å². The van der Waals surface area contributed by atoms with E-state index in [-0.39, 0.29) is 18.5 Å². The maximum atomic E-state index is 11.8. The van der Waals surface area contributed by atoms with Gasteiger partial charge < -0.3 is 25.8 Å². The van der Waals surface area contributed by atoms with Gasteiger partial charge in [-0.15, -0.1) is 0 Å². The lowest BCUT2D eigenvalue weighted by Crippen LogP contribution is -2.41. The van der Waals surface area contributed by atoms with Crippen LogP contribution in [0, 0.1) is 0 Å². The molecule has 1 rings (SSSR count). The summed E-state index contributed by atoms with van der Waals surface area (Å²) in [6.07, 6.45) is 2.31. The summed E-state index contributed by atoms with van der Waals surface area (Å²) in [7, 11) is 0. The van der Waals surface area contributed by atoms with Gasteiger partial charge in [0, 0.05) is 25.7 Å². The number of imidazole rings is 1. The Morgan fingerprint density at radius 3 is 2.65 bits per heavy atom. The van der Waals surface area contributed by atoms with Gasteiger partial charge in [0.1, 0.15) is 11.7 Å². The SMILES string of the molecule is NCCn1cnc(C(=O)NC(CCC(=O)O)C(=O)O)c1. The number of carboxylic acids is 2. The van der Waals surface area contributed by atoms with E-state index >= 15 is 0 Å². The van der Waals surface area contributed by atoms with Gasteiger partial charge in [0.15, 0.2) is 0 Å². The van der Waals surface area contributed by atoms with Crippen molar-refractivity contribution in [3.8, 4) is 0 Å². The van der Waals surface area contributed by atoms with Crippen LogP contribution in [0.15, 0.2) is 12.5 Å². The number of amides is 1. The fraction of sp³-hybridized carbons (Fsp3) is 0.455. The van der Waals surface area contributed by atoms with Crippen LogP contribution in [-0.2, 0) is 16.1 Å². The van der Waals surface area contributed by atoms with Crippen LogP contribution in [-0.4, -0.2) is 50.2 Å². The fourth-order valence-corrected chi connectivity index (χ4v) is 1.51. The molecule has 9 nitrogen and oxygen atoms in total. The minimum absolute atomic E-state index is 0.0556. The van der Waals surface area contributed by atoms with Crippen molar-refractivity contribution in [3.05, 3.63) is 18.2 Å². The summed E-state index contributed by atoms with van der Waals surface area (Å²) in [4.78, 5) is 37.0. The van der Waals surface area contributed by atoms with Crippen molar-refractivity contribution in [1.29, 1.82) is 0 Å². The van der Waals surface area contributed by atoms with Crippen LogP contribution in [0.25, 0.3) is 0 Å². The molecule has 1 amide bonds. The third kappa shape index (κ3) is 4.69. The lowest BCUT2D eigenvalue weighted by molar-refractivity contribution is -0.140. The molecule has 1 atom stereocenters. The van der Waals surface area contributed by atoms with E-state index in [4.69, 9.17) is 15.9 Å². The van der Waals surface area contributed by atoms with E-state index in [1.165, 1.54) is 12.5 Å². The van der Waals surface area contributed by atoms with Crippen molar-refractivity contribution in [3.63, 3.8) is 0 Å². The van der Waals surface area contributed by atoms with Gasteiger partial charge in [-0.3, -0.25) is 9.59 Å². The Bertz CT molecular complexity index is 499. The summed E-state index contributed by atoms with van der Waals surface area (Å²) in [6, 6.07) is -1.27. The molecule has 0 fully saturated rings. The number of rotatable bonds is 8. The highest BCUT2D eigenvalue weighted by molar-refractivity contribution is 5.94. The molecule has 5 N–H and O–H groups in total. The highest BCUT2D eigenvalue weighted by atomic mass is 16.4. The molecule has 1 heterocycles. The van der Waals surface area contributed by atoms with Gasteiger partial charge in [0.2, 0.25) is 0 Å². The molecule has 1 aromatic heterocycles. The van der Waals surface area contributed by atoms with Gasteiger partial charge in [0.25, 0.3) is 5.91 Å². The zero-order valence-electron chi connectivity index (χ0n) is 10.7. The second-order valence-corrected chi connectivity index (χ2v) is 4.08. The molecule has 110 valence electrons. The topological polar surface area (TPSA) is 148 Å². The second-order valence-electron chi connectivity index (χ2n) is 4.08. The van der Waals surface area contributed by atoms with Crippen molar-refractivity contribution in [2.24, 2.45) is 5.73 Å². The summed E-state index contributed by atoms with van der Waals surface area (Å²) in [5, 5.41) is 19.7. The number of hydrogen-bond acceptors (Lipinski definition) is 5. The molecule has 0 aromatic carbocycles. The van der Waals surface area contributed by atoms with E-state index in [1.54, 1.807) is 4.57 Å². The molecule has 0 radical (unpaired) electrons. The van der Waals surface area contributed by atoms with Crippen molar-refractivity contribution in [2.45, 2.75) is 25.4 Å². The number of aromatic nitrogens is 2. The molecule has 0 bridgehead atoms. The average molecular weight is 284 g/mol. The Kier molecular flexibility index (Phi) is 5.66. The first-order chi connectivity index (χ1) is 9.43. The molecule has 20 heavy (non-hydrogen) atoms. The normalized spacial score (nSPS) is 11.8. The number of carbonyl (C=O) groups excluding carboxylic acids is 1. The number of carboxylic acid groups (broad SMARTS) is 2.